The molecule has 1 aromatic rings. The van der Waals surface area contributed by atoms with Gasteiger partial charge < -0.3 is 0 Å². The summed E-state index contributed by atoms with van der Waals surface area (Å²) in [4.78, 5) is 0.716. The minimum absolute atomic E-state index is 0.320. The zero-order valence-electron chi connectivity index (χ0n) is 10.8. The summed E-state index contributed by atoms with van der Waals surface area (Å²) >= 11 is 3.60. The van der Waals surface area contributed by atoms with Crippen LogP contribution in [0.2, 0.25) is 0 Å². The minimum Gasteiger partial charge on any atom is -0.211 e. The molecule has 0 aliphatic carbocycles. The Bertz CT molecular complexity index is 474. The van der Waals surface area contributed by atoms with E-state index in [9.17, 15) is 8.42 Å². The highest BCUT2D eigenvalue weighted by Crippen LogP contribution is 2.21. The van der Waals surface area contributed by atoms with Gasteiger partial charge in [0.1, 0.15) is 0 Å². The van der Waals surface area contributed by atoms with Crippen LogP contribution in [0.5, 0.6) is 0 Å². The second-order valence-corrected chi connectivity index (χ2v) is 7.23. The third-order valence-corrected chi connectivity index (χ3v) is 5.07. The van der Waals surface area contributed by atoms with Gasteiger partial charge in [-0.05, 0) is 24.5 Å². The van der Waals surface area contributed by atoms with Crippen molar-refractivity contribution in [3.63, 3.8) is 0 Å². The number of halogens is 1. The summed E-state index contributed by atoms with van der Waals surface area (Å²) < 4.78 is 26.7. The molecule has 0 aromatic heterocycles. The lowest BCUT2D eigenvalue weighted by atomic mass is 10.1. The first-order chi connectivity index (χ1) is 8.51. The zero-order valence-corrected chi connectivity index (χ0v) is 13.2. The second kappa shape index (κ2) is 7.26. The van der Waals surface area contributed by atoms with Gasteiger partial charge in [0.05, 0.1) is 4.90 Å². The molecule has 1 N–H and O–H groups in total. The van der Waals surface area contributed by atoms with Crippen molar-refractivity contribution in [3.05, 3.63) is 29.8 Å². The lowest BCUT2D eigenvalue weighted by molar-refractivity contribution is 0.582. The average Bonchev–Trinajstić information content (AvgIpc) is 2.29. The molecule has 1 rings (SSSR count). The largest absolute Gasteiger partial charge is 0.240 e. The first kappa shape index (κ1) is 15.7. The van der Waals surface area contributed by atoms with Crippen LogP contribution >= 0.6 is 15.9 Å². The molecular formula is C13H20BrNO2S. The van der Waals surface area contributed by atoms with Gasteiger partial charge in [-0.15, -0.1) is 0 Å². The summed E-state index contributed by atoms with van der Waals surface area (Å²) in [6, 6.07) is 7.19. The number of hydrogen-bond acceptors (Lipinski definition) is 2. The molecule has 102 valence electrons. The summed E-state index contributed by atoms with van der Waals surface area (Å²) in [7, 11) is -3.37. The molecule has 3 nitrogen and oxygen atoms in total. The number of sulfonamides is 1. The molecule has 0 fully saturated rings. The standard InChI is InChI=1S/C13H20BrNO2S/c1-3-7-12(14)10-11-8-5-6-9-13(11)18(16,17)15-4-2/h5-6,8-9,12,15H,3-4,7,10H2,1-2H3. The highest BCUT2D eigenvalue weighted by Gasteiger charge is 2.18. The van der Waals surface area contributed by atoms with Crippen molar-refractivity contribution in [2.24, 2.45) is 0 Å². The second-order valence-electron chi connectivity index (χ2n) is 4.20. The number of benzene rings is 1. The molecule has 0 bridgehead atoms. The van der Waals surface area contributed by atoms with Crippen molar-refractivity contribution in [3.8, 4) is 0 Å². The fourth-order valence-electron chi connectivity index (χ4n) is 1.86. The third kappa shape index (κ3) is 4.37. The summed E-state index contributed by atoms with van der Waals surface area (Å²) in [6.45, 7) is 4.31. The molecule has 1 aromatic carbocycles. The summed E-state index contributed by atoms with van der Waals surface area (Å²) in [5, 5.41) is 0. The summed E-state index contributed by atoms with van der Waals surface area (Å²) in [6.07, 6.45) is 2.85. The molecule has 5 heteroatoms. The average molecular weight is 334 g/mol. The Labute approximate surface area is 118 Å². The van der Waals surface area contributed by atoms with Crippen LogP contribution in [0.25, 0.3) is 0 Å². The zero-order chi connectivity index (χ0) is 13.6. The molecule has 0 radical (unpaired) electrons. The lowest BCUT2D eigenvalue weighted by Gasteiger charge is -2.13. The molecule has 0 spiro atoms. The quantitative estimate of drug-likeness (QED) is 0.779. The van der Waals surface area contributed by atoms with Gasteiger partial charge in [-0.25, -0.2) is 13.1 Å². The predicted molar refractivity (Wildman–Crippen MR) is 78.6 cm³/mol. The van der Waals surface area contributed by atoms with Crippen molar-refractivity contribution in [1.29, 1.82) is 0 Å². The summed E-state index contributed by atoms with van der Waals surface area (Å²) in [5.74, 6) is 0. The van der Waals surface area contributed by atoms with Gasteiger partial charge in [-0.1, -0.05) is 54.4 Å². The summed E-state index contributed by atoms with van der Waals surface area (Å²) in [5.41, 5.74) is 0.869. The van der Waals surface area contributed by atoms with E-state index in [4.69, 9.17) is 0 Å². The van der Waals surface area contributed by atoms with Gasteiger partial charge in [0.15, 0.2) is 0 Å². The minimum atomic E-state index is -3.37. The molecule has 0 saturated heterocycles. The van der Waals surface area contributed by atoms with Crippen LogP contribution in [0.4, 0.5) is 0 Å². The molecule has 0 saturated carbocycles. The van der Waals surface area contributed by atoms with E-state index in [1.165, 1.54) is 0 Å². The Hall–Kier alpha value is -0.390. The Balaban J connectivity index is 3.00. The Morgan fingerprint density at radius 1 is 1.28 bits per heavy atom. The Kier molecular flexibility index (Phi) is 6.32. The molecule has 0 amide bonds. The van der Waals surface area contributed by atoms with Crippen molar-refractivity contribution < 1.29 is 8.42 Å². The molecule has 1 atom stereocenters. The maximum Gasteiger partial charge on any atom is 0.240 e. The van der Waals surface area contributed by atoms with Crippen molar-refractivity contribution >= 4 is 26.0 Å². The third-order valence-electron chi connectivity index (χ3n) is 2.64. The normalized spacial score (nSPS) is 13.5. The van der Waals surface area contributed by atoms with Gasteiger partial charge in [-0.3, -0.25) is 0 Å². The number of nitrogens with one attached hydrogen (secondary N) is 1. The Morgan fingerprint density at radius 3 is 2.56 bits per heavy atom. The molecule has 0 aliphatic rings. The molecule has 1 unspecified atom stereocenters. The van der Waals surface area contributed by atoms with Gasteiger partial charge >= 0.3 is 0 Å². The first-order valence-corrected chi connectivity index (χ1v) is 8.62. The highest BCUT2D eigenvalue weighted by atomic mass is 79.9. The first-order valence-electron chi connectivity index (χ1n) is 6.22. The van der Waals surface area contributed by atoms with Crippen molar-refractivity contribution in [2.75, 3.05) is 6.54 Å². The lowest BCUT2D eigenvalue weighted by Crippen LogP contribution is -2.24. The van der Waals surface area contributed by atoms with Crippen LogP contribution in [-0.2, 0) is 16.4 Å². The molecule has 18 heavy (non-hydrogen) atoms. The van der Waals surface area contributed by atoms with E-state index in [0.717, 1.165) is 24.8 Å². The van der Waals surface area contributed by atoms with Crippen LogP contribution in [0.15, 0.2) is 29.2 Å². The number of rotatable bonds is 7. The van der Waals surface area contributed by atoms with Crippen LogP contribution in [0.3, 0.4) is 0 Å². The molecular weight excluding hydrogens is 314 g/mol. The van der Waals surface area contributed by atoms with E-state index >= 15 is 0 Å². The van der Waals surface area contributed by atoms with Gasteiger partial charge in [-0.2, -0.15) is 0 Å². The van der Waals surface area contributed by atoms with Gasteiger partial charge in [0.2, 0.25) is 10.0 Å². The predicted octanol–water partition coefficient (Wildman–Crippen LogP) is 3.09. The van der Waals surface area contributed by atoms with E-state index in [1.807, 2.05) is 12.1 Å². The fourth-order valence-corrected chi connectivity index (χ4v) is 3.95. The van der Waals surface area contributed by atoms with Crippen molar-refractivity contribution in [1.82, 2.24) is 4.72 Å². The maximum absolute atomic E-state index is 12.1. The molecule has 0 aliphatic heterocycles. The number of alkyl halides is 1. The van der Waals surface area contributed by atoms with Crippen LogP contribution in [-0.4, -0.2) is 19.8 Å². The number of hydrogen-bond donors (Lipinski definition) is 1. The SMILES string of the molecule is CCCC(Br)Cc1ccccc1S(=O)(=O)NCC. The van der Waals surface area contributed by atoms with E-state index in [1.54, 1.807) is 19.1 Å². The van der Waals surface area contributed by atoms with Crippen molar-refractivity contribution in [2.45, 2.75) is 42.8 Å². The Morgan fingerprint density at radius 2 is 1.94 bits per heavy atom. The monoisotopic (exact) mass is 333 g/mol. The van der Waals surface area contributed by atoms with E-state index in [0.29, 0.717) is 16.3 Å². The van der Waals surface area contributed by atoms with Crippen LogP contribution in [0, 0.1) is 0 Å². The molecule has 0 heterocycles. The fraction of sp³-hybridized carbons (Fsp3) is 0.538. The van der Waals surface area contributed by atoms with E-state index in [2.05, 4.69) is 27.6 Å². The smallest absolute Gasteiger partial charge is 0.211 e. The van der Waals surface area contributed by atoms with Crippen LogP contribution in [0.1, 0.15) is 32.3 Å². The van der Waals surface area contributed by atoms with Gasteiger partial charge in [0, 0.05) is 11.4 Å². The topological polar surface area (TPSA) is 46.2 Å². The van der Waals surface area contributed by atoms with E-state index in [-0.39, 0.29) is 0 Å². The van der Waals surface area contributed by atoms with Crippen LogP contribution < -0.4 is 4.72 Å². The maximum atomic E-state index is 12.1. The van der Waals surface area contributed by atoms with Gasteiger partial charge in [0.25, 0.3) is 0 Å². The van der Waals surface area contributed by atoms with E-state index < -0.39 is 10.0 Å². The highest BCUT2D eigenvalue weighted by molar-refractivity contribution is 9.09.